The molecule has 0 saturated heterocycles. The third kappa shape index (κ3) is 4.53. The average Bonchev–Trinajstić information content (AvgIpc) is 1.69. The molecule has 0 atom stereocenters. The Bertz CT molecular complexity index is 134. The van der Waals surface area contributed by atoms with Crippen LogP contribution in [0.3, 0.4) is 0 Å². The molecule has 2 nitrogen and oxygen atoms in total. The minimum atomic E-state index is 0. The maximum absolute atomic E-state index is 9.92. The van der Waals surface area contributed by atoms with Gasteiger partial charge in [-0.05, 0) is 5.92 Å². The van der Waals surface area contributed by atoms with E-state index in [0.717, 1.165) is 0 Å². The van der Waals surface area contributed by atoms with Gasteiger partial charge < -0.3 is 5.11 Å². The molecule has 44 valence electrons. The Morgan fingerprint density at radius 3 is 2.11 bits per heavy atom. The Kier molecular flexibility index (Phi) is 8.06. The molecule has 0 rings (SSSR count). The SMILES string of the molecule is CC(C)C(C#N)=C[O-].[Na+]. The predicted molar refractivity (Wildman–Crippen MR) is 28.5 cm³/mol. The molecule has 0 amide bonds. The first kappa shape index (κ1) is 11.8. The van der Waals surface area contributed by atoms with Crippen LogP contribution in [0.25, 0.3) is 0 Å². The summed E-state index contributed by atoms with van der Waals surface area (Å²) in [7, 11) is 0. The molecule has 0 aromatic carbocycles. The van der Waals surface area contributed by atoms with Crippen molar-refractivity contribution in [3.8, 4) is 6.07 Å². The first-order valence-electron chi connectivity index (χ1n) is 2.44. The summed E-state index contributed by atoms with van der Waals surface area (Å²) in [6, 6.07) is 1.80. The van der Waals surface area contributed by atoms with Crippen molar-refractivity contribution in [3.63, 3.8) is 0 Å². The van der Waals surface area contributed by atoms with Crippen LogP contribution < -0.4 is 34.7 Å². The maximum atomic E-state index is 9.92. The van der Waals surface area contributed by atoms with Crippen molar-refractivity contribution in [2.75, 3.05) is 0 Å². The minimum Gasteiger partial charge on any atom is -0.877 e. The van der Waals surface area contributed by atoms with Crippen LogP contribution in [0.15, 0.2) is 11.8 Å². The van der Waals surface area contributed by atoms with Gasteiger partial charge in [-0.25, -0.2) is 0 Å². The minimum absolute atomic E-state index is 0. The predicted octanol–water partition coefficient (Wildman–Crippen LogP) is -2.59. The molecule has 9 heavy (non-hydrogen) atoms. The Morgan fingerprint density at radius 2 is 2.11 bits per heavy atom. The summed E-state index contributed by atoms with van der Waals surface area (Å²) in [5.74, 6) is 0.0671. The zero-order valence-electron chi connectivity index (χ0n) is 6.01. The average molecular weight is 133 g/mol. The molecule has 0 fully saturated rings. The second-order valence-corrected chi connectivity index (χ2v) is 1.84. The van der Waals surface area contributed by atoms with E-state index in [2.05, 4.69) is 0 Å². The number of rotatable bonds is 1. The zero-order chi connectivity index (χ0) is 6.57. The summed E-state index contributed by atoms with van der Waals surface area (Å²) in [6.45, 7) is 3.62. The summed E-state index contributed by atoms with van der Waals surface area (Å²) in [5.41, 5.74) is 0.310. The second-order valence-electron chi connectivity index (χ2n) is 1.84. The molecule has 0 aromatic heterocycles. The fraction of sp³-hybridized carbons (Fsp3) is 0.500. The van der Waals surface area contributed by atoms with Crippen molar-refractivity contribution in [1.82, 2.24) is 0 Å². The zero-order valence-corrected chi connectivity index (χ0v) is 8.01. The fourth-order valence-corrected chi connectivity index (χ4v) is 0.292. The molecule has 0 spiro atoms. The smallest absolute Gasteiger partial charge is 0.877 e. The van der Waals surface area contributed by atoms with Crippen molar-refractivity contribution in [1.29, 1.82) is 5.26 Å². The van der Waals surface area contributed by atoms with E-state index in [1.807, 2.05) is 13.8 Å². The van der Waals surface area contributed by atoms with Gasteiger partial charge in [0, 0.05) is 5.57 Å². The van der Waals surface area contributed by atoms with Crippen LogP contribution in [0.2, 0.25) is 0 Å². The molecule has 0 aliphatic rings. The van der Waals surface area contributed by atoms with Crippen LogP contribution in [-0.4, -0.2) is 0 Å². The van der Waals surface area contributed by atoms with Crippen LogP contribution >= 0.6 is 0 Å². The molecule has 0 aromatic rings. The summed E-state index contributed by atoms with van der Waals surface area (Å²) in [5, 5.41) is 18.1. The summed E-state index contributed by atoms with van der Waals surface area (Å²) in [6.07, 6.45) is 0.602. The van der Waals surface area contributed by atoms with Crippen molar-refractivity contribution in [2.45, 2.75) is 13.8 Å². The largest absolute Gasteiger partial charge is 1.00 e. The Hall–Kier alpha value is 0.0300. The van der Waals surface area contributed by atoms with Crippen molar-refractivity contribution >= 4 is 0 Å². The van der Waals surface area contributed by atoms with Crippen molar-refractivity contribution < 1.29 is 34.7 Å². The molecule has 0 saturated carbocycles. The molecule has 0 radical (unpaired) electrons. The van der Waals surface area contributed by atoms with E-state index in [1.54, 1.807) is 6.07 Å². The van der Waals surface area contributed by atoms with E-state index >= 15 is 0 Å². The van der Waals surface area contributed by atoms with E-state index in [1.165, 1.54) is 0 Å². The van der Waals surface area contributed by atoms with Crippen LogP contribution in [0.1, 0.15) is 13.8 Å². The van der Waals surface area contributed by atoms with Crippen LogP contribution in [0.5, 0.6) is 0 Å². The van der Waals surface area contributed by atoms with Crippen molar-refractivity contribution in [3.05, 3.63) is 11.8 Å². The second kappa shape index (κ2) is 6.15. The monoisotopic (exact) mass is 133 g/mol. The molecule has 0 unspecified atom stereocenters. The van der Waals surface area contributed by atoms with Crippen LogP contribution in [0, 0.1) is 17.2 Å². The van der Waals surface area contributed by atoms with E-state index in [4.69, 9.17) is 5.26 Å². The van der Waals surface area contributed by atoms with Gasteiger partial charge in [-0.1, -0.05) is 13.8 Å². The Balaban J connectivity index is 0. The summed E-state index contributed by atoms with van der Waals surface area (Å²) < 4.78 is 0. The first-order valence-corrected chi connectivity index (χ1v) is 2.44. The number of hydrogen-bond acceptors (Lipinski definition) is 2. The first-order chi connectivity index (χ1) is 3.72. The van der Waals surface area contributed by atoms with Gasteiger partial charge in [0.05, 0.1) is 6.07 Å². The molecule has 0 aliphatic heterocycles. The van der Waals surface area contributed by atoms with Gasteiger partial charge in [-0.3, -0.25) is 0 Å². The molecule has 0 N–H and O–H groups in total. The van der Waals surface area contributed by atoms with E-state index < -0.39 is 0 Å². The maximum Gasteiger partial charge on any atom is 1.00 e. The number of nitrogens with zero attached hydrogens (tertiary/aromatic N) is 1. The van der Waals surface area contributed by atoms with Gasteiger partial charge in [-0.15, -0.1) is 6.26 Å². The third-order valence-electron chi connectivity index (χ3n) is 0.878. The van der Waals surface area contributed by atoms with Crippen LogP contribution in [-0.2, 0) is 0 Å². The Labute approximate surface area is 77.5 Å². The quantitative estimate of drug-likeness (QED) is 0.224. The molecule has 3 heteroatoms. The molecule has 0 bridgehead atoms. The van der Waals surface area contributed by atoms with Gasteiger partial charge in [-0.2, -0.15) is 5.26 Å². The van der Waals surface area contributed by atoms with E-state index in [0.29, 0.717) is 11.8 Å². The summed E-state index contributed by atoms with van der Waals surface area (Å²) >= 11 is 0. The number of nitriles is 1. The molecular weight excluding hydrogens is 125 g/mol. The van der Waals surface area contributed by atoms with Gasteiger partial charge in [0.25, 0.3) is 0 Å². The molecular formula is C6H8NNaO. The van der Waals surface area contributed by atoms with E-state index in [-0.39, 0.29) is 35.5 Å². The topological polar surface area (TPSA) is 46.8 Å². The molecule has 0 aliphatic carbocycles. The van der Waals surface area contributed by atoms with Crippen LogP contribution in [0.4, 0.5) is 0 Å². The number of hydrogen-bond donors (Lipinski definition) is 0. The van der Waals surface area contributed by atoms with Gasteiger partial charge in [0.15, 0.2) is 0 Å². The van der Waals surface area contributed by atoms with Gasteiger partial charge in [0.1, 0.15) is 0 Å². The standard InChI is InChI=1S/C6H9NO.Na/c1-5(2)6(3-7)4-8;/h4-5,8H,1-2H3;/q;+1/p-1. The van der Waals surface area contributed by atoms with Crippen molar-refractivity contribution in [2.24, 2.45) is 5.92 Å². The normalized spacial score (nSPS) is 10.2. The van der Waals surface area contributed by atoms with Gasteiger partial charge in [0.2, 0.25) is 0 Å². The molecule has 0 heterocycles. The third-order valence-corrected chi connectivity index (χ3v) is 0.878. The fourth-order valence-electron chi connectivity index (χ4n) is 0.292. The number of allylic oxidation sites excluding steroid dienone is 1. The summed E-state index contributed by atoms with van der Waals surface area (Å²) in [4.78, 5) is 0. The Morgan fingerprint density at radius 1 is 1.67 bits per heavy atom. The van der Waals surface area contributed by atoms with Gasteiger partial charge >= 0.3 is 29.6 Å². The van der Waals surface area contributed by atoms with E-state index in [9.17, 15) is 5.11 Å².